The molecule has 2 heterocycles. The van der Waals surface area contributed by atoms with Crippen LogP contribution < -0.4 is 5.32 Å². The smallest absolute Gasteiger partial charge is 0.235 e. The van der Waals surface area contributed by atoms with E-state index >= 15 is 0 Å². The van der Waals surface area contributed by atoms with E-state index < -0.39 is 0 Å². The van der Waals surface area contributed by atoms with Gasteiger partial charge in [-0.15, -0.1) is 0 Å². The van der Waals surface area contributed by atoms with Gasteiger partial charge in [-0.05, 0) is 19.1 Å². The van der Waals surface area contributed by atoms with Gasteiger partial charge in [-0.25, -0.2) is 15.0 Å². The van der Waals surface area contributed by atoms with E-state index in [1.807, 2.05) is 24.3 Å². The summed E-state index contributed by atoms with van der Waals surface area (Å²) in [4.78, 5) is 24.8. The number of anilines is 1. The van der Waals surface area contributed by atoms with Crippen molar-refractivity contribution in [3.8, 4) is 0 Å². The number of fused-ring (bicyclic) bond motifs is 1. The van der Waals surface area contributed by atoms with Crippen LogP contribution in [0.4, 0.5) is 5.82 Å². The molecule has 0 aliphatic heterocycles. The molecule has 8 heteroatoms. The summed E-state index contributed by atoms with van der Waals surface area (Å²) in [6, 6.07) is 9.22. The van der Waals surface area contributed by atoms with E-state index in [0.29, 0.717) is 21.6 Å². The number of carbonyl (C=O) groups excluding carboxylic acids is 1. The number of pyridine rings is 1. The van der Waals surface area contributed by atoms with E-state index in [2.05, 4.69) is 20.3 Å². The second-order valence-corrected chi connectivity index (χ2v) is 6.70. The minimum absolute atomic E-state index is 0.181. The van der Waals surface area contributed by atoms with E-state index in [-0.39, 0.29) is 11.7 Å². The van der Waals surface area contributed by atoms with Crippen molar-refractivity contribution in [1.82, 2.24) is 15.0 Å². The third-order valence-corrected chi connectivity index (χ3v) is 4.88. The summed E-state index contributed by atoms with van der Waals surface area (Å²) in [5, 5.41) is 5.12. The number of thioether (sulfide) groups is 1. The van der Waals surface area contributed by atoms with Crippen LogP contribution in [-0.4, -0.2) is 26.6 Å². The van der Waals surface area contributed by atoms with Gasteiger partial charge in [0.1, 0.15) is 11.4 Å². The molecule has 0 atom stereocenters. The van der Waals surface area contributed by atoms with Gasteiger partial charge in [-0.1, -0.05) is 53.2 Å². The van der Waals surface area contributed by atoms with Crippen LogP contribution in [0.3, 0.4) is 0 Å². The highest BCUT2D eigenvalue weighted by Gasteiger charge is 2.12. The summed E-state index contributed by atoms with van der Waals surface area (Å²) in [6.07, 6.45) is 1.49. The molecule has 5 nitrogen and oxygen atoms in total. The maximum Gasteiger partial charge on any atom is 0.235 e. The Labute approximate surface area is 152 Å². The first-order valence-electron chi connectivity index (χ1n) is 6.99. The molecule has 1 amide bonds. The predicted octanol–water partition coefficient (Wildman–Crippen LogP) is 4.37. The molecule has 122 valence electrons. The summed E-state index contributed by atoms with van der Waals surface area (Å²) in [6.45, 7) is 1.75. The van der Waals surface area contributed by atoms with Gasteiger partial charge in [-0.2, -0.15) is 0 Å². The highest BCUT2D eigenvalue weighted by Crippen LogP contribution is 2.27. The van der Waals surface area contributed by atoms with Crippen LogP contribution in [0.2, 0.25) is 10.0 Å². The highest BCUT2D eigenvalue weighted by atomic mass is 35.5. The number of para-hydroxylation sites is 1. The molecular weight excluding hydrogens is 367 g/mol. The molecule has 3 rings (SSSR count). The number of hydrogen-bond acceptors (Lipinski definition) is 5. The molecule has 0 aliphatic rings. The van der Waals surface area contributed by atoms with Crippen LogP contribution >= 0.6 is 35.0 Å². The maximum atomic E-state index is 12.2. The number of nitrogens with one attached hydrogen (secondary N) is 1. The molecule has 0 fully saturated rings. The third-order valence-electron chi connectivity index (χ3n) is 3.21. The third kappa shape index (κ3) is 3.77. The first-order valence-corrected chi connectivity index (χ1v) is 8.74. The van der Waals surface area contributed by atoms with Gasteiger partial charge >= 0.3 is 0 Å². The quantitative estimate of drug-likeness (QED) is 0.539. The largest absolute Gasteiger partial charge is 0.309 e. The molecular formula is C16H12Cl2N4OS. The summed E-state index contributed by atoms with van der Waals surface area (Å²) < 4.78 is 0. The van der Waals surface area contributed by atoms with E-state index in [4.69, 9.17) is 23.2 Å². The molecule has 3 aromatic rings. The van der Waals surface area contributed by atoms with Crippen molar-refractivity contribution in [3.05, 3.63) is 52.4 Å². The minimum Gasteiger partial charge on any atom is -0.309 e. The van der Waals surface area contributed by atoms with Gasteiger partial charge in [0.25, 0.3) is 0 Å². The fourth-order valence-corrected chi connectivity index (χ4v) is 3.24. The lowest BCUT2D eigenvalue weighted by atomic mass is 10.2. The van der Waals surface area contributed by atoms with Crippen LogP contribution in [0.1, 0.15) is 5.69 Å². The Morgan fingerprint density at radius 3 is 2.83 bits per heavy atom. The molecule has 1 aromatic carbocycles. The number of halogens is 2. The summed E-state index contributed by atoms with van der Waals surface area (Å²) in [5.74, 6) is 0.260. The van der Waals surface area contributed by atoms with Crippen molar-refractivity contribution in [2.24, 2.45) is 0 Å². The fraction of sp³-hybridized carbons (Fsp3) is 0.125. The molecule has 0 saturated heterocycles. The Morgan fingerprint density at radius 1 is 1.21 bits per heavy atom. The number of amides is 1. The van der Waals surface area contributed by atoms with E-state index in [9.17, 15) is 4.79 Å². The zero-order valence-electron chi connectivity index (χ0n) is 12.6. The fourth-order valence-electron chi connectivity index (χ4n) is 2.04. The predicted molar refractivity (Wildman–Crippen MR) is 97.9 cm³/mol. The van der Waals surface area contributed by atoms with Crippen LogP contribution in [0.25, 0.3) is 10.9 Å². The summed E-state index contributed by atoms with van der Waals surface area (Å²) in [5.41, 5.74) is 1.44. The lowest BCUT2D eigenvalue weighted by Crippen LogP contribution is -2.16. The van der Waals surface area contributed by atoms with Crippen molar-refractivity contribution in [2.45, 2.75) is 11.9 Å². The molecule has 0 spiro atoms. The number of rotatable bonds is 4. The summed E-state index contributed by atoms with van der Waals surface area (Å²) in [7, 11) is 0. The second-order valence-electron chi connectivity index (χ2n) is 4.92. The topological polar surface area (TPSA) is 67.8 Å². The Morgan fingerprint density at radius 2 is 2.00 bits per heavy atom. The molecule has 0 radical (unpaired) electrons. The molecule has 24 heavy (non-hydrogen) atoms. The first kappa shape index (κ1) is 17.0. The first-order chi connectivity index (χ1) is 11.5. The lowest BCUT2D eigenvalue weighted by Gasteiger charge is -2.08. The van der Waals surface area contributed by atoms with Gasteiger partial charge < -0.3 is 5.32 Å². The number of nitrogens with zero attached hydrogens (tertiary/aromatic N) is 3. The van der Waals surface area contributed by atoms with E-state index in [1.54, 1.807) is 13.0 Å². The van der Waals surface area contributed by atoms with E-state index in [1.165, 1.54) is 18.1 Å². The van der Waals surface area contributed by atoms with Crippen LogP contribution in [0.15, 0.2) is 41.7 Å². The van der Waals surface area contributed by atoms with Crippen molar-refractivity contribution < 1.29 is 4.79 Å². The van der Waals surface area contributed by atoms with Crippen molar-refractivity contribution in [1.29, 1.82) is 0 Å². The Hall–Kier alpha value is -1.89. The monoisotopic (exact) mass is 378 g/mol. The standard InChI is InChI=1S/C16H12Cl2N4OS/c1-9-11(17)6-12(18)15(21-9)22-14(23)7-24-16-10-4-2-3-5-13(10)19-8-20-16/h2-6,8H,7H2,1H3,(H,21,22,23). The molecule has 0 unspecified atom stereocenters. The molecule has 0 aliphatic carbocycles. The second kappa shape index (κ2) is 7.34. The normalized spacial score (nSPS) is 10.8. The van der Waals surface area contributed by atoms with Gasteiger partial charge in [0.2, 0.25) is 5.91 Å². The minimum atomic E-state index is -0.223. The van der Waals surface area contributed by atoms with Gasteiger partial charge in [0, 0.05) is 5.39 Å². The maximum absolute atomic E-state index is 12.2. The van der Waals surface area contributed by atoms with Crippen LogP contribution in [-0.2, 0) is 4.79 Å². The zero-order valence-corrected chi connectivity index (χ0v) is 14.9. The molecule has 0 saturated carbocycles. The van der Waals surface area contributed by atoms with E-state index in [0.717, 1.165) is 15.9 Å². The SMILES string of the molecule is Cc1nc(NC(=O)CSc2ncnc3ccccc23)c(Cl)cc1Cl. The number of aromatic nitrogens is 3. The Bertz CT molecular complexity index is 914. The Balaban J connectivity index is 1.71. The Kier molecular flexibility index (Phi) is 5.18. The van der Waals surface area contributed by atoms with Crippen LogP contribution in [0, 0.1) is 6.92 Å². The zero-order chi connectivity index (χ0) is 17.1. The average molecular weight is 379 g/mol. The van der Waals surface area contributed by atoms with Gasteiger partial charge in [0.05, 0.1) is 27.0 Å². The summed E-state index contributed by atoms with van der Waals surface area (Å²) >= 11 is 13.3. The molecule has 1 N–H and O–H groups in total. The van der Waals surface area contributed by atoms with Crippen molar-refractivity contribution in [3.63, 3.8) is 0 Å². The van der Waals surface area contributed by atoms with Gasteiger partial charge in [-0.3, -0.25) is 4.79 Å². The van der Waals surface area contributed by atoms with Crippen LogP contribution in [0.5, 0.6) is 0 Å². The average Bonchev–Trinajstić information content (AvgIpc) is 2.58. The highest BCUT2D eigenvalue weighted by molar-refractivity contribution is 8.00. The molecule has 0 bridgehead atoms. The number of aryl methyl sites for hydroxylation is 1. The lowest BCUT2D eigenvalue weighted by molar-refractivity contribution is -0.113. The number of hydrogen-bond donors (Lipinski definition) is 1. The van der Waals surface area contributed by atoms with Crippen molar-refractivity contribution >= 4 is 57.6 Å². The van der Waals surface area contributed by atoms with Gasteiger partial charge in [0.15, 0.2) is 5.82 Å². The molecule has 2 aromatic heterocycles. The number of carbonyl (C=O) groups is 1. The van der Waals surface area contributed by atoms with Crippen molar-refractivity contribution in [2.75, 3.05) is 11.1 Å². The number of benzene rings is 1.